The molecule has 4 heteroatoms. The maximum absolute atomic E-state index is 6.14. The molecule has 0 aromatic carbocycles. The van der Waals surface area contributed by atoms with Crippen LogP contribution in [0.4, 0.5) is 0 Å². The number of halogens is 2. The van der Waals surface area contributed by atoms with Crippen molar-refractivity contribution in [1.82, 2.24) is 5.32 Å². The molecule has 1 aromatic heterocycles. The molecule has 1 aliphatic carbocycles. The largest absolute Gasteiger partial charge is 0.310 e. The lowest BCUT2D eigenvalue weighted by Gasteiger charge is -2.18. The minimum absolute atomic E-state index is 0.476. The molecule has 1 atom stereocenters. The molecular formula is C14H21BrClNS. The summed E-state index contributed by atoms with van der Waals surface area (Å²) >= 11 is 11.4. The van der Waals surface area contributed by atoms with Crippen molar-refractivity contribution in [2.45, 2.75) is 51.5 Å². The fourth-order valence-electron chi connectivity index (χ4n) is 2.83. The van der Waals surface area contributed by atoms with Crippen LogP contribution < -0.4 is 5.32 Å². The molecule has 18 heavy (non-hydrogen) atoms. The summed E-state index contributed by atoms with van der Waals surface area (Å²) in [6.07, 6.45) is 8.34. The molecule has 0 saturated heterocycles. The average molecular weight is 351 g/mol. The van der Waals surface area contributed by atoms with Gasteiger partial charge in [0.15, 0.2) is 0 Å². The summed E-state index contributed by atoms with van der Waals surface area (Å²) < 4.78 is 1.06. The number of rotatable bonds is 6. The third-order valence-corrected chi connectivity index (χ3v) is 6.38. The fourth-order valence-corrected chi connectivity index (χ4v) is 4.68. The highest BCUT2D eigenvalue weighted by Crippen LogP contribution is 2.38. The minimum Gasteiger partial charge on any atom is -0.310 e. The lowest BCUT2D eigenvalue weighted by molar-refractivity contribution is 0.420. The molecule has 0 amide bonds. The van der Waals surface area contributed by atoms with E-state index in [0.717, 1.165) is 21.3 Å². The average Bonchev–Trinajstić information content (AvgIpc) is 2.96. The number of nitrogens with one attached hydrogen (secondary N) is 1. The molecule has 1 unspecified atom stereocenters. The van der Waals surface area contributed by atoms with E-state index < -0.39 is 0 Å². The standard InChI is InChI=1S/C14H21BrClNS/c1-2-17-12(8-7-10-5-3-4-6-10)13-9-11(16)14(15)18-13/h9-10,12,17H,2-8H2,1H3. The Morgan fingerprint density at radius 2 is 2.22 bits per heavy atom. The third-order valence-electron chi connectivity index (χ3n) is 3.80. The topological polar surface area (TPSA) is 12.0 Å². The van der Waals surface area contributed by atoms with Crippen molar-refractivity contribution >= 4 is 38.9 Å². The minimum atomic E-state index is 0.476. The van der Waals surface area contributed by atoms with Gasteiger partial charge in [-0.25, -0.2) is 0 Å². The van der Waals surface area contributed by atoms with E-state index in [0.29, 0.717) is 6.04 Å². The third kappa shape index (κ3) is 3.96. The first-order valence-corrected chi connectivity index (χ1v) is 8.87. The van der Waals surface area contributed by atoms with Crippen LogP contribution in [0.5, 0.6) is 0 Å². The van der Waals surface area contributed by atoms with Gasteiger partial charge in [0, 0.05) is 10.9 Å². The quantitative estimate of drug-likeness (QED) is 0.685. The molecule has 1 aromatic rings. The van der Waals surface area contributed by atoms with Gasteiger partial charge in [-0.3, -0.25) is 0 Å². The zero-order valence-corrected chi connectivity index (χ0v) is 14.0. The predicted octanol–water partition coefficient (Wildman–Crippen LogP) is 5.79. The van der Waals surface area contributed by atoms with Crippen LogP contribution in [0.3, 0.4) is 0 Å². The smallest absolute Gasteiger partial charge is 0.0887 e. The van der Waals surface area contributed by atoms with Gasteiger partial charge in [-0.1, -0.05) is 44.2 Å². The van der Waals surface area contributed by atoms with Crippen molar-refractivity contribution in [3.8, 4) is 0 Å². The Morgan fingerprint density at radius 3 is 2.78 bits per heavy atom. The Balaban J connectivity index is 1.94. The molecule has 1 fully saturated rings. The van der Waals surface area contributed by atoms with Crippen molar-refractivity contribution in [2.75, 3.05) is 6.54 Å². The zero-order chi connectivity index (χ0) is 13.0. The molecule has 1 heterocycles. The maximum Gasteiger partial charge on any atom is 0.0887 e. The summed E-state index contributed by atoms with van der Waals surface area (Å²) in [5.41, 5.74) is 0. The summed E-state index contributed by atoms with van der Waals surface area (Å²) in [5, 5.41) is 4.44. The molecule has 0 radical (unpaired) electrons. The Bertz CT molecular complexity index is 354. The van der Waals surface area contributed by atoms with E-state index in [2.05, 4.69) is 34.2 Å². The van der Waals surface area contributed by atoms with Gasteiger partial charge in [0.1, 0.15) is 0 Å². The van der Waals surface area contributed by atoms with Gasteiger partial charge in [0.05, 0.1) is 8.81 Å². The lowest BCUT2D eigenvalue weighted by atomic mass is 9.98. The van der Waals surface area contributed by atoms with Crippen LogP contribution in [-0.4, -0.2) is 6.54 Å². The summed E-state index contributed by atoms with van der Waals surface area (Å²) in [7, 11) is 0. The van der Waals surface area contributed by atoms with Gasteiger partial charge >= 0.3 is 0 Å². The fraction of sp³-hybridized carbons (Fsp3) is 0.714. The first-order valence-electron chi connectivity index (χ1n) is 6.88. The molecule has 1 N–H and O–H groups in total. The van der Waals surface area contributed by atoms with E-state index >= 15 is 0 Å². The van der Waals surface area contributed by atoms with E-state index in [-0.39, 0.29) is 0 Å². The first kappa shape index (κ1) is 14.8. The molecule has 0 bridgehead atoms. The number of thiophene rings is 1. The Morgan fingerprint density at radius 1 is 1.50 bits per heavy atom. The van der Waals surface area contributed by atoms with Crippen molar-refractivity contribution in [2.24, 2.45) is 5.92 Å². The second-order valence-corrected chi connectivity index (χ2v) is 7.92. The van der Waals surface area contributed by atoms with Crippen molar-refractivity contribution in [1.29, 1.82) is 0 Å². The molecule has 1 nitrogen and oxygen atoms in total. The SMILES string of the molecule is CCNC(CCC1CCCC1)c1cc(Cl)c(Br)s1. The monoisotopic (exact) mass is 349 g/mol. The molecule has 0 aliphatic heterocycles. The number of hydrogen-bond donors (Lipinski definition) is 1. The molecular weight excluding hydrogens is 330 g/mol. The van der Waals surface area contributed by atoms with Crippen LogP contribution in [0, 0.1) is 5.92 Å². The van der Waals surface area contributed by atoms with Gasteiger partial charge in [-0.05, 0) is 47.3 Å². The van der Waals surface area contributed by atoms with Crippen LogP contribution in [-0.2, 0) is 0 Å². The van der Waals surface area contributed by atoms with Crippen LogP contribution in [0.1, 0.15) is 56.4 Å². The van der Waals surface area contributed by atoms with Gasteiger partial charge in [-0.15, -0.1) is 11.3 Å². The first-order chi connectivity index (χ1) is 8.70. The molecule has 0 spiro atoms. The maximum atomic E-state index is 6.14. The normalized spacial score (nSPS) is 18.4. The number of hydrogen-bond acceptors (Lipinski definition) is 2. The van der Waals surface area contributed by atoms with Crippen molar-refractivity contribution < 1.29 is 0 Å². The van der Waals surface area contributed by atoms with Crippen molar-refractivity contribution in [3.63, 3.8) is 0 Å². The second-order valence-electron chi connectivity index (χ2n) is 5.11. The van der Waals surface area contributed by atoms with Crippen LogP contribution in [0.15, 0.2) is 9.85 Å². The van der Waals surface area contributed by atoms with Gasteiger partial charge < -0.3 is 5.32 Å². The highest BCUT2D eigenvalue weighted by atomic mass is 79.9. The summed E-state index contributed by atoms with van der Waals surface area (Å²) in [4.78, 5) is 1.37. The molecule has 1 aliphatic rings. The second kappa shape index (κ2) is 7.28. The summed E-state index contributed by atoms with van der Waals surface area (Å²) in [5.74, 6) is 0.963. The van der Waals surface area contributed by atoms with Gasteiger partial charge in [0.2, 0.25) is 0 Å². The molecule has 1 saturated carbocycles. The van der Waals surface area contributed by atoms with Gasteiger partial charge in [0.25, 0.3) is 0 Å². The zero-order valence-electron chi connectivity index (χ0n) is 10.8. The van der Waals surface area contributed by atoms with E-state index in [1.54, 1.807) is 11.3 Å². The Hall–Kier alpha value is 0.430. The van der Waals surface area contributed by atoms with Crippen LogP contribution in [0.25, 0.3) is 0 Å². The van der Waals surface area contributed by atoms with Crippen LogP contribution in [0.2, 0.25) is 5.02 Å². The van der Waals surface area contributed by atoms with E-state index in [1.807, 2.05) is 0 Å². The predicted molar refractivity (Wildman–Crippen MR) is 84.6 cm³/mol. The Labute approximate surface area is 127 Å². The summed E-state index contributed by atoms with van der Waals surface area (Å²) in [6.45, 7) is 3.19. The Kier molecular flexibility index (Phi) is 5.99. The molecule has 102 valence electrons. The lowest BCUT2D eigenvalue weighted by Crippen LogP contribution is -2.20. The highest BCUT2D eigenvalue weighted by molar-refractivity contribution is 9.11. The van der Waals surface area contributed by atoms with E-state index in [4.69, 9.17) is 11.6 Å². The molecule has 2 rings (SSSR count). The highest BCUT2D eigenvalue weighted by Gasteiger charge is 2.19. The van der Waals surface area contributed by atoms with E-state index in [1.165, 1.54) is 43.4 Å². The van der Waals surface area contributed by atoms with Gasteiger partial charge in [-0.2, -0.15) is 0 Å². The van der Waals surface area contributed by atoms with E-state index in [9.17, 15) is 0 Å². The summed E-state index contributed by atoms with van der Waals surface area (Å²) in [6, 6.07) is 2.59. The van der Waals surface area contributed by atoms with Crippen LogP contribution >= 0.6 is 38.9 Å². The van der Waals surface area contributed by atoms with Crippen molar-refractivity contribution in [3.05, 3.63) is 19.8 Å².